The molecule has 1 aliphatic rings. The fourth-order valence-corrected chi connectivity index (χ4v) is 4.45. The van der Waals surface area contributed by atoms with Gasteiger partial charge in [-0.3, -0.25) is 0 Å². The van der Waals surface area contributed by atoms with Crippen LogP contribution >= 0.6 is 11.3 Å². The van der Waals surface area contributed by atoms with Crippen molar-refractivity contribution in [3.63, 3.8) is 0 Å². The first-order chi connectivity index (χ1) is 11.2. The number of aryl methyl sites for hydroxylation is 1. The molecule has 24 heavy (non-hydrogen) atoms. The van der Waals surface area contributed by atoms with E-state index < -0.39 is 5.97 Å². The number of nitrogens with zero attached hydrogens (tertiary/aromatic N) is 3. The Morgan fingerprint density at radius 3 is 2.58 bits per heavy atom. The fourth-order valence-electron chi connectivity index (χ4n) is 3.41. The van der Waals surface area contributed by atoms with Crippen molar-refractivity contribution in [1.82, 2.24) is 14.9 Å². The minimum absolute atomic E-state index is 0.346. The lowest BCUT2D eigenvalue weighted by Gasteiger charge is -2.43. The summed E-state index contributed by atoms with van der Waals surface area (Å²) < 4.78 is 0. The molecule has 7 heteroatoms. The van der Waals surface area contributed by atoms with E-state index in [2.05, 4.69) is 24.1 Å². The molecule has 0 atom stereocenters. The van der Waals surface area contributed by atoms with Crippen LogP contribution in [0.25, 0.3) is 10.2 Å². The van der Waals surface area contributed by atoms with Gasteiger partial charge in [-0.25, -0.2) is 14.8 Å². The molecule has 0 unspecified atom stereocenters. The lowest BCUT2D eigenvalue weighted by molar-refractivity contribution is 0.0701. The Kier molecular flexibility index (Phi) is 4.25. The van der Waals surface area contributed by atoms with Gasteiger partial charge in [0.25, 0.3) is 0 Å². The van der Waals surface area contributed by atoms with E-state index >= 15 is 0 Å². The minimum Gasteiger partial charge on any atom is -0.477 e. The Labute approximate surface area is 145 Å². The van der Waals surface area contributed by atoms with Crippen LogP contribution in [0.3, 0.4) is 0 Å². The van der Waals surface area contributed by atoms with Gasteiger partial charge < -0.3 is 15.3 Å². The van der Waals surface area contributed by atoms with E-state index in [1.165, 1.54) is 11.3 Å². The fraction of sp³-hybridized carbons (Fsp3) is 0.588. The van der Waals surface area contributed by atoms with Crippen LogP contribution in [0.2, 0.25) is 0 Å². The summed E-state index contributed by atoms with van der Waals surface area (Å²) in [6.45, 7) is 6.99. The van der Waals surface area contributed by atoms with Crippen molar-refractivity contribution in [2.45, 2.75) is 46.2 Å². The monoisotopic (exact) mass is 348 g/mol. The molecule has 2 N–H and O–H groups in total. The van der Waals surface area contributed by atoms with Crippen molar-refractivity contribution in [3.8, 4) is 0 Å². The molecular weight excluding hydrogens is 324 g/mol. The maximum absolute atomic E-state index is 11.5. The Hall–Kier alpha value is -1.73. The van der Waals surface area contributed by atoms with Crippen molar-refractivity contribution in [2.24, 2.45) is 5.41 Å². The van der Waals surface area contributed by atoms with Gasteiger partial charge in [0.15, 0.2) is 0 Å². The number of hydrogen-bond donors (Lipinski definition) is 2. The summed E-state index contributed by atoms with van der Waals surface area (Å²) in [6.07, 6.45) is 2.19. The van der Waals surface area contributed by atoms with E-state index in [0.717, 1.165) is 34.4 Å². The summed E-state index contributed by atoms with van der Waals surface area (Å²) in [7, 11) is 3.94. The number of hydrogen-bond acceptors (Lipinski definition) is 6. The number of nitrogens with one attached hydrogen (secondary N) is 1. The summed E-state index contributed by atoms with van der Waals surface area (Å²) in [6, 6.07) is 0.387. The van der Waals surface area contributed by atoms with Gasteiger partial charge in [-0.05, 0) is 44.8 Å². The molecule has 2 aromatic heterocycles. The number of carbonyl (C=O) groups is 1. The normalized spacial score (nSPS) is 17.2. The summed E-state index contributed by atoms with van der Waals surface area (Å²) in [4.78, 5) is 23.9. The molecule has 1 aliphatic carbocycles. The number of anilines is 1. The zero-order chi connectivity index (χ0) is 17.6. The second-order valence-electron chi connectivity index (χ2n) is 7.68. The molecule has 0 aliphatic heterocycles. The van der Waals surface area contributed by atoms with Crippen LogP contribution in [0, 0.1) is 12.3 Å². The highest BCUT2D eigenvalue weighted by Crippen LogP contribution is 2.42. The Morgan fingerprint density at radius 1 is 1.38 bits per heavy atom. The standard InChI is InChI=1S/C17H24N4O2S/c1-9-12-14(18-10-6-17(2,3)7-10)19-11(8-21(4)5)20-15(12)24-13(9)16(22)23/h10H,6-8H2,1-5H3,(H,22,23)(H,18,19,20). The maximum Gasteiger partial charge on any atom is 0.346 e. The zero-order valence-corrected chi connectivity index (χ0v) is 15.6. The van der Waals surface area contributed by atoms with E-state index in [1.807, 2.05) is 25.9 Å². The molecular formula is C17H24N4O2S. The molecule has 3 rings (SSSR count). The van der Waals surface area contributed by atoms with Gasteiger partial charge >= 0.3 is 5.97 Å². The number of aromatic carboxylic acids is 1. The van der Waals surface area contributed by atoms with Crippen molar-refractivity contribution < 1.29 is 9.90 Å². The molecule has 0 amide bonds. The summed E-state index contributed by atoms with van der Waals surface area (Å²) in [5.74, 6) is 0.589. The van der Waals surface area contributed by atoms with Crippen LogP contribution in [-0.4, -0.2) is 46.1 Å². The first-order valence-corrected chi connectivity index (χ1v) is 8.92. The summed E-state index contributed by atoms with van der Waals surface area (Å²) in [5.41, 5.74) is 1.12. The number of carboxylic acids is 1. The molecule has 0 saturated heterocycles. The summed E-state index contributed by atoms with van der Waals surface area (Å²) in [5, 5.41) is 13.8. The molecule has 1 fully saturated rings. The molecule has 0 bridgehead atoms. The average Bonchev–Trinajstić information content (AvgIpc) is 2.73. The van der Waals surface area contributed by atoms with Crippen LogP contribution in [0.15, 0.2) is 0 Å². The van der Waals surface area contributed by atoms with E-state index in [0.29, 0.717) is 28.7 Å². The van der Waals surface area contributed by atoms with Crippen LogP contribution in [-0.2, 0) is 6.54 Å². The second-order valence-corrected chi connectivity index (χ2v) is 8.68. The number of rotatable bonds is 5. The zero-order valence-electron chi connectivity index (χ0n) is 14.8. The maximum atomic E-state index is 11.5. The van der Waals surface area contributed by atoms with Crippen molar-refractivity contribution in [3.05, 3.63) is 16.3 Å². The first-order valence-electron chi connectivity index (χ1n) is 8.11. The third-order valence-electron chi connectivity index (χ3n) is 4.43. The molecule has 1 saturated carbocycles. The van der Waals surface area contributed by atoms with E-state index in [9.17, 15) is 9.90 Å². The molecule has 0 aromatic carbocycles. The van der Waals surface area contributed by atoms with Crippen LogP contribution in [0.1, 0.15) is 47.7 Å². The van der Waals surface area contributed by atoms with Gasteiger partial charge in [-0.2, -0.15) is 0 Å². The number of thiophene rings is 1. The Balaban J connectivity index is 2.04. The van der Waals surface area contributed by atoms with Crippen LogP contribution in [0.5, 0.6) is 0 Å². The number of carboxylic acid groups (broad SMARTS) is 1. The summed E-state index contributed by atoms with van der Waals surface area (Å²) >= 11 is 1.23. The largest absolute Gasteiger partial charge is 0.477 e. The number of fused-ring (bicyclic) bond motifs is 1. The minimum atomic E-state index is -0.902. The first kappa shape index (κ1) is 17.1. The van der Waals surface area contributed by atoms with E-state index in [-0.39, 0.29) is 0 Å². The number of aromatic nitrogens is 2. The van der Waals surface area contributed by atoms with Gasteiger partial charge in [-0.15, -0.1) is 11.3 Å². The predicted molar refractivity (Wildman–Crippen MR) is 96.9 cm³/mol. The second kappa shape index (κ2) is 5.97. The van der Waals surface area contributed by atoms with Gasteiger partial charge in [-0.1, -0.05) is 13.8 Å². The van der Waals surface area contributed by atoms with Crippen molar-refractivity contribution in [2.75, 3.05) is 19.4 Å². The molecule has 2 aromatic rings. The molecule has 130 valence electrons. The van der Waals surface area contributed by atoms with Crippen molar-refractivity contribution in [1.29, 1.82) is 0 Å². The Morgan fingerprint density at radius 2 is 2.04 bits per heavy atom. The topological polar surface area (TPSA) is 78.3 Å². The Bertz CT molecular complexity index is 789. The smallest absolute Gasteiger partial charge is 0.346 e. The van der Waals surface area contributed by atoms with Gasteiger partial charge in [0, 0.05) is 6.04 Å². The third-order valence-corrected chi connectivity index (χ3v) is 5.60. The van der Waals surface area contributed by atoms with Crippen LogP contribution in [0.4, 0.5) is 5.82 Å². The van der Waals surface area contributed by atoms with Crippen molar-refractivity contribution >= 4 is 33.3 Å². The lowest BCUT2D eigenvalue weighted by Crippen LogP contribution is -2.41. The lowest BCUT2D eigenvalue weighted by atomic mass is 9.68. The van der Waals surface area contributed by atoms with Gasteiger partial charge in [0.2, 0.25) is 0 Å². The highest BCUT2D eigenvalue weighted by Gasteiger charge is 2.36. The quantitative estimate of drug-likeness (QED) is 0.863. The van der Waals surface area contributed by atoms with E-state index in [4.69, 9.17) is 4.98 Å². The highest BCUT2D eigenvalue weighted by molar-refractivity contribution is 7.20. The molecule has 2 heterocycles. The molecule has 6 nitrogen and oxygen atoms in total. The SMILES string of the molecule is Cc1c(C(=O)O)sc2nc(CN(C)C)nc(NC3CC(C)(C)C3)c12. The molecule has 0 radical (unpaired) electrons. The molecule has 0 spiro atoms. The highest BCUT2D eigenvalue weighted by atomic mass is 32.1. The third kappa shape index (κ3) is 3.23. The van der Waals surface area contributed by atoms with E-state index in [1.54, 1.807) is 0 Å². The van der Waals surface area contributed by atoms with Crippen LogP contribution < -0.4 is 5.32 Å². The predicted octanol–water partition coefficient (Wildman–Crippen LogP) is 3.36. The average molecular weight is 348 g/mol. The van der Waals surface area contributed by atoms with Gasteiger partial charge in [0.05, 0.1) is 11.9 Å². The van der Waals surface area contributed by atoms with Gasteiger partial charge in [0.1, 0.15) is 21.3 Å².